The molecule has 122 valence electrons. The minimum atomic E-state index is -0.698. The van der Waals surface area contributed by atoms with Crippen LogP contribution in [0.15, 0.2) is 42.5 Å². The predicted octanol–water partition coefficient (Wildman–Crippen LogP) is 2.27. The zero-order valence-electron chi connectivity index (χ0n) is 13.3. The van der Waals surface area contributed by atoms with Crippen LogP contribution in [0.3, 0.4) is 0 Å². The van der Waals surface area contributed by atoms with E-state index in [1.807, 2.05) is 0 Å². The topological polar surface area (TPSA) is 101 Å². The number of rotatable bonds is 3. The van der Waals surface area contributed by atoms with Crippen LogP contribution in [-0.4, -0.2) is 17.7 Å². The van der Waals surface area contributed by atoms with Crippen molar-refractivity contribution in [2.24, 2.45) is 5.73 Å². The second-order valence-electron chi connectivity index (χ2n) is 6.20. The number of hydrogen-bond acceptors (Lipinski definition) is 3. The van der Waals surface area contributed by atoms with E-state index in [0.29, 0.717) is 16.9 Å². The molecule has 0 aromatic heterocycles. The van der Waals surface area contributed by atoms with Crippen LogP contribution in [0, 0.1) is 0 Å². The van der Waals surface area contributed by atoms with Gasteiger partial charge in [0.25, 0.3) is 11.8 Å². The Morgan fingerprint density at radius 3 is 2.54 bits per heavy atom. The fourth-order valence-electron chi connectivity index (χ4n) is 2.71. The van der Waals surface area contributed by atoms with Gasteiger partial charge in [-0.15, -0.1) is 0 Å². The Kier molecular flexibility index (Phi) is 3.60. The molecule has 0 atom stereocenters. The third kappa shape index (κ3) is 2.52. The first-order chi connectivity index (χ1) is 11.3. The van der Waals surface area contributed by atoms with Crippen LogP contribution >= 0.6 is 0 Å². The number of carbonyl (C=O) groups excluding carboxylic acids is 3. The number of para-hydroxylation sites is 1. The van der Waals surface area contributed by atoms with E-state index in [1.54, 1.807) is 56.3 Å². The van der Waals surface area contributed by atoms with E-state index >= 15 is 0 Å². The highest BCUT2D eigenvalue weighted by molar-refractivity contribution is 6.11. The summed E-state index contributed by atoms with van der Waals surface area (Å²) in [6.07, 6.45) is 0. The summed E-state index contributed by atoms with van der Waals surface area (Å²) in [5.41, 5.74) is 7.09. The summed E-state index contributed by atoms with van der Waals surface area (Å²) in [5, 5.41) is 5.49. The van der Waals surface area contributed by atoms with Crippen molar-refractivity contribution in [2.75, 3.05) is 10.6 Å². The quantitative estimate of drug-likeness (QED) is 0.807. The van der Waals surface area contributed by atoms with Crippen LogP contribution in [0.1, 0.15) is 40.1 Å². The van der Waals surface area contributed by atoms with Gasteiger partial charge in [-0.3, -0.25) is 14.4 Å². The third-order valence-corrected chi connectivity index (χ3v) is 4.21. The highest BCUT2D eigenvalue weighted by Crippen LogP contribution is 2.37. The van der Waals surface area contributed by atoms with Gasteiger partial charge in [-0.2, -0.15) is 0 Å². The van der Waals surface area contributed by atoms with Crippen LogP contribution in [0.25, 0.3) is 0 Å². The third-order valence-electron chi connectivity index (χ3n) is 4.21. The Morgan fingerprint density at radius 2 is 1.83 bits per heavy atom. The first kappa shape index (κ1) is 15.7. The van der Waals surface area contributed by atoms with Gasteiger partial charge in [-0.25, -0.2) is 0 Å². The number of amides is 3. The highest BCUT2D eigenvalue weighted by atomic mass is 16.2. The molecule has 2 aromatic rings. The van der Waals surface area contributed by atoms with E-state index < -0.39 is 11.3 Å². The lowest BCUT2D eigenvalue weighted by atomic mass is 9.85. The summed E-state index contributed by atoms with van der Waals surface area (Å²) in [7, 11) is 0. The van der Waals surface area contributed by atoms with Crippen LogP contribution < -0.4 is 16.4 Å². The Hall–Kier alpha value is -3.15. The molecule has 6 nitrogen and oxygen atoms in total. The van der Waals surface area contributed by atoms with Crippen molar-refractivity contribution in [3.63, 3.8) is 0 Å². The molecular formula is C18H17N3O3. The number of hydrogen-bond donors (Lipinski definition) is 3. The SMILES string of the molecule is CC1(C)C(=O)Nc2ccc(C(=O)Nc3ccccc3C(N)=O)cc21. The van der Waals surface area contributed by atoms with Gasteiger partial charge >= 0.3 is 0 Å². The normalized spacial score (nSPS) is 14.7. The van der Waals surface area contributed by atoms with Crippen molar-refractivity contribution in [3.8, 4) is 0 Å². The minimum absolute atomic E-state index is 0.103. The molecule has 0 saturated heterocycles. The number of carbonyl (C=O) groups is 3. The summed E-state index contributed by atoms with van der Waals surface area (Å²) in [4.78, 5) is 35.9. The van der Waals surface area contributed by atoms with Crippen LogP contribution in [0.2, 0.25) is 0 Å². The lowest BCUT2D eigenvalue weighted by Gasteiger charge is -2.16. The number of nitrogens with one attached hydrogen (secondary N) is 2. The smallest absolute Gasteiger partial charge is 0.255 e. The lowest BCUT2D eigenvalue weighted by Crippen LogP contribution is -2.27. The Bertz CT molecular complexity index is 872. The predicted molar refractivity (Wildman–Crippen MR) is 91.0 cm³/mol. The van der Waals surface area contributed by atoms with Gasteiger partial charge in [0.05, 0.1) is 16.7 Å². The van der Waals surface area contributed by atoms with Gasteiger partial charge < -0.3 is 16.4 Å². The fraction of sp³-hybridized carbons (Fsp3) is 0.167. The average molecular weight is 323 g/mol. The van der Waals surface area contributed by atoms with Gasteiger partial charge in [0, 0.05) is 11.3 Å². The standard InChI is InChI=1S/C18H17N3O3/c1-18(2)12-9-10(7-8-14(12)21-17(18)24)16(23)20-13-6-4-3-5-11(13)15(19)22/h3-9H,1-2H3,(H2,19,22)(H,20,23)(H,21,24). The van der Waals surface area contributed by atoms with Crippen molar-refractivity contribution >= 4 is 29.1 Å². The molecular weight excluding hydrogens is 306 g/mol. The number of anilines is 2. The summed E-state index contributed by atoms with van der Waals surface area (Å²) < 4.78 is 0. The second kappa shape index (κ2) is 5.49. The van der Waals surface area contributed by atoms with Gasteiger partial charge in [0.1, 0.15) is 0 Å². The number of fused-ring (bicyclic) bond motifs is 1. The first-order valence-electron chi connectivity index (χ1n) is 7.47. The van der Waals surface area contributed by atoms with Gasteiger partial charge in [0.2, 0.25) is 5.91 Å². The Balaban J connectivity index is 1.92. The highest BCUT2D eigenvalue weighted by Gasteiger charge is 2.38. The maximum Gasteiger partial charge on any atom is 0.255 e. The molecule has 4 N–H and O–H groups in total. The lowest BCUT2D eigenvalue weighted by molar-refractivity contribution is -0.119. The van der Waals surface area contributed by atoms with Gasteiger partial charge in [-0.1, -0.05) is 12.1 Å². The Morgan fingerprint density at radius 1 is 1.12 bits per heavy atom. The monoisotopic (exact) mass is 323 g/mol. The molecule has 3 rings (SSSR count). The molecule has 0 radical (unpaired) electrons. The van der Waals surface area contributed by atoms with Crippen LogP contribution in [0.5, 0.6) is 0 Å². The number of nitrogens with two attached hydrogens (primary N) is 1. The van der Waals surface area contributed by atoms with Crippen molar-refractivity contribution in [3.05, 3.63) is 59.2 Å². The van der Waals surface area contributed by atoms with E-state index in [4.69, 9.17) is 5.73 Å². The van der Waals surface area contributed by atoms with Crippen molar-refractivity contribution in [2.45, 2.75) is 19.3 Å². The van der Waals surface area contributed by atoms with Gasteiger partial charge in [-0.05, 0) is 49.7 Å². The summed E-state index contributed by atoms with van der Waals surface area (Å²) in [6.45, 7) is 3.61. The molecule has 0 fully saturated rings. The molecule has 0 spiro atoms. The zero-order valence-corrected chi connectivity index (χ0v) is 13.3. The molecule has 3 amide bonds. The van der Waals surface area contributed by atoms with Gasteiger partial charge in [0.15, 0.2) is 0 Å². The van der Waals surface area contributed by atoms with Crippen LogP contribution in [-0.2, 0) is 10.2 Å². The molecule has 1 aliphatic heterocycles. The van der Waals surface area contributed by atoms with E-state index in [-0.39, 0.29) is 17.4 Å². The molecule has 24 heavy (non-hydrogen) atoms. The number of benzene rings is 2. The molecule has 0 bridgehead atoms. The molecule has 0 unspecified atom stereocenters. The minimum Gasteiger partial charge on any atom is -0.366 e. The summed E-state index contributed by atoms with van der Waals surface area (Å²) in [6, 6.07) is 11.6. The summed E-state index contributed by atoms with van der Waals surface area (Å²) >= 11 is 0. The first-order valence-corrected chi connectivity index (χ1v) is 7.47. The van der Waals surface area contributed by atoms with E-state index in [2.05, 4.69) is 10.6 Å². The summed E-state index contributed by atoms with van der Waals surface area (Å²) in [5.74, 6) is -1.09. The van der Waals surface area contributed by atoms with E-state index in [0.717, 1.165) is 5.56 Å². The Labute approximate surface area is 139 Å². The van der Waals surface area contributed by atoms with E-state index in [1.165, 1.54) is 0 Å². The second-order valence-corrected chi connectivity index (χ2v) is 6.20. The molecule has 1 aliphatic rings. The molecule has 2 aromatic carbocycles. The van der Waals surface area contributed by atoms with Crippen LogP contribution in [0.4, 0.5) is 11.4 Å². The average Bonchev–Trinajstić information content (AvgIpc) is 2.77. The molecule has 1 heterocycles. The largest absolute Gasteiger partial charge is 0.366 e. The zero-order chi connectivity index (χ0) is 17.5. The van der Waals surface area contributed by atoms with Crippen molar-refractivity contribution in [1.82, 2.24) is 0 Å². The molecule has 6 heteroatoms. The van der Waals surface area contributed by atoms with Crippen molar-refractivity contribution in [1.29, 1.82) is 0 Å². The maximum absolute atomic E-state index is 12.5. The fourth-order valence-corrected chi connectivity index (χ4v) is 2.71. The molecule has 0 saturated carbocycles. The maximum atomic E-state index is 12.5. The number of primary amides is 1. The van der Waals surface area contributed by atoms with E-state index in [9.17, 15) is 14.4 Å². The molecule has 0 aliphatic carbocycles. The van der Waals surface area contributed by atoms with Crippen molar-refractivity contribution < 1.29 is 14.4 Å².